The van der Waals surface area contributed by atoms with Gasteiger partial charge in [0, 0.05) is 103 Å². The number of hydrogen-bond acceptors (Lipinski definition) is 9. The van der Waals surface area contributed by atoms with Crippen molar-refractivity contribution in [1.82, 2.24) is 39.9 Å². The number of ether oxygens (including phenoxy) is 1. The second-order valence-corrected chi connectivity index (χ2v) is 25.8. The van der Waals surface area contributed by atoms with E-state index in [4.69, 9.17) is 4.74 Å². The second kappa shape index (κ2) is 41.0. The molecule has 0 saturated heterocycles. The molecule has 0 aliphatic rings. The summed E-state index contributed by atoms with van der Waals surface area (Å²) in [5, 5.41) is 0. The zero-order valence-corrected chi connectivity index (χ0v) is 71.5. The van der Waals surface area contributed by atoms with Crippen molar-refractivity contribution < 1.29 is 85.2 Å². The molecule has 0 aliphatic carbocycles. The van der Waals surface area contributed by atoms with E-state index in [0.29, 0.717) is 0 Å². The van der Waals surface area contributed by atoms with Crippen LogP contribution in [0.25, 0.3) is 146 Å². The number of aromatic nitrogens is 8. The Balaban J connectivity index is 0.000000158. The van der Waals surface area contributed by atoms with Gasteiger partial charge in [0.25, 0.3) is 0 Å². The monoisotopic (exact) mass is 2160 g/mol. The van der Waals surface area contributed by atoms with Gasteiger partial charge in [0.15, 0.2) is 0 Å². The molecule has 4 radical (unpaired) electrons. The normalized spacial score (nSPS) is 10.3. The topological polar surface area (TPSA) is 112 Å². The average molecular weight is 2160 g/mol. The predicted octanol–water partition coefficient (Wildman–Crippen LogP) is 24.0. The van der Waals surface area contributed by atoms with Crippen molar-refractivity contribution in [2.45, 2.75) is 27.7 Å². The zero-order chi connectivity index (χ0) is 73.8. The van der Waals surface area contributed by atoms with E-state index < -0.39 is 0 Å². The maximum Gasteiger partial charge on any atom is 0.106 e. The third kappa shape index (κ3) is 21.2. The van der Waals surface area contributed by atoms with Crippen molar-refractivity contribution in [2.75, 3.05) is 7.11 Å². The number of rotatable bonds is 14. The molecular formula is C99H74Ir4N8O-4. The van der Waals surface area contributed by atoms with Crippen LogP contribution in [-0.4, -0.2) is 47.0 Å². The molecule has 13 heteroatoms. The Bertz CT molecular complexity index is 5590. The summed E-state index contributed by atoms with van der Waals surface area (Å²) in [5.74, 6) is 0.785. The molecule has 13 aromatic carbocycles. The van der Waals surface area contributed by atoms with Gasteiger partial charge in [-0.1, -0.05) is 266 Å². The number of benzene rings is 13. The van der Waals surface area contributed by atoms with Gasteiger partial charge in [-0.05, 0) is 118 Å². The van der Waals surface area contributed by atoms with Crippen LogP contribution in [0, 0.1) is 52.0 Å². The number of hydrogen-bond donors (Lipinski definition) is 0. The Hall–Kier alpha value is -11.4. The smallest absolute Gasteiger partial charge is 0.106 e. The van der Waals surface area contributed by atoms with Crippen LogP contribution >= 0.6 is 0 Å². The van der Waals surface area contributed by atoms with Gasteiger partial charge in [-0.3, -0.25) is 19.9 Å². The Morgan fingerprint density at radius 1 is 0.214 bits per heavy atom. The van der Waals surface area contributed by atoms with E-state index in [1.165, 1.54) is 72.3 Å². The number of aryl methyl sites for hydroxylation is 4. The molecule has 0 saturated carbocycles. The summed E-state index contributed by atoms with van der Waals surface area (Å²) >= 11 is 0. The third-order valence-electron chi connectivity index (χ3n) is 18.6. The van der Waals surface area contributed by atoms with E-state index in [9.17, 15) is 0 Å². The minimum atomic E-state index is 0. The van der Waals surface area contributed by atoms with E-state index in [-0.39, 0.29) is 80.4 Å². The Kier molecular flexibility index (Phi) is 30.4. The molecule has 17 rings (SSSR count). The van der Waals surface area contributed by atoms with Crippen molar-refractivity contribution in [3.63, 3.8) is 0 Å². The summed E-state index contributed by atoms with van der Waals surface area (Å²) < 4.78 is 5.17. The van der Waals surface area contributed by atoms with Crippen LogP contribution in [0.3, 0.4) is 0 Å². The van der Waals surface area contributed by atoms with Gasteiger partial charge in [-0.2, -0.15) is 0 Å². The SMILES string of the molecule is COc1c[c-]c(-c2cc(-c3c(C)cccc3C)ncn2)cc1.Cc1cccc(C)c1-c1cc(-c2[c-]ccc(-c3ccccc3)c2)ncn1.[Ir].[Ir].[Ir].[Ir].[c-]1cc(-c2ccccc2)ccc1-c1cc(-c2ccc(-c3ccccc3)cc2)ncn1.[c-]1ccc(-c2ccccc2)cc1-c1cc(-c2cccc(-c3ccccc3)c2)ncn1. The first kappa shape index (κ1) is 83.1. The van der Waals surface area contributed by atoms with Gasteiger partial charge < -0.3 is 4.74 Å². The van der Waals surface area contributed by atoms with Crippen LogP contribution in [0.2, 0.25) is 0 Å². The maximum atomic E-state index is 5.17. The zero-order valence-electron chi connectivity index (χ0n) is 61.9. The molecule has 0 fully saturated rings. The van der Waals surface area contributed by atoms with Crippen molar-refractivity contribution in [1.29, 1.82) is 0 Å². The van der Waals surface area contributed by atoms with E-state index in [1.807, 2.05) is 109 Å². The number of nitrogens with zero attached hydrogens (tertiary/aromatic N) is 8. The largest absolute Gasteiger partial charge is 0.540 e. The molecule has 17 aromatic rings. The Labute approximate surface area is 710 Å². The fourth-order valence-electron chi connectivity index (χ4n) is 12.9. The van der Waals surface area contributed by atoms with Gasteiger partial charge in [0.1, 0.15) is 25.3 Å². The van der Waals surface area contributed by atoms with Crippen molar-refractivity contribution in [2.24, 2.45) is 0 Å². The van der Waals surface area contributed by atoms with E-state index in [2.05, 4.69) is 316 Å². The molecule has 4 heterocycles. The Morgan fingerprint density at radius 2 is 0.509 bits per heavy atom. The minimum Gasteiger partial charge on any atom is -0.540 e. The van der Waals surface area contributed by atoms with Gasteiger partial charge >= 0.3 is 0 Å². The Morgan fingerprint density at radius 3 is 0.902 bits per heavy atom. The summed E-state index contributed by atoms with van der Waals surface area (Å²) in [6.45, 7) is 8.44. The average Bonchev–Trinajstić information content (AvgIpc) is 0.817. The first-order valence-corrected chi connectivity index (χ1v) is 35.7. The van der Waals surface area contributed by atoms with E-state index in [1.54, 1.807) is 32.4 Å². The van der Waals surface area contributed by atoms with Gasteiger partial charge in [0.05, 0.1) is 29.9 Å². The van der Waals surface area contributed by atoms with Crippen molar-refractivity contribution >= 4 is 0 Å². The number of methoxy groups -OCH3 is 1. The molecule has 0 atom stereocenters. The molecule has 556 valence electrons. The first-order valence-electron chi connectivity index (χ1n) is 35.7. The van der Waals surface area contributed by atoms with Crippen LogP contribution in [0.1, 0.15) is 22.3 Å². The summed E-state index contributed by atoms with van der Waals surface area (Å²) in [6, 6.07) is 127. The molecular weight excluding hydrogens is 2090 g/mol. The second-order valence-electron chi connectivity index (χ2n) is 25.8. The summed E-state index contributed by atoms with van der Waals surface area (Å²) in [7, 11) is 1.65. The van der Waals surface area contributed by atoms with Gasteiger partial charge in [0.2, 0.25) is 0 Å². The first-order chi connectivity index (χ1) is 53.1. The van der Waals surface area contributed by atoms with Crippen molar-refractivity contribution in [3.8, 4) is 151 Å². The fourth-order valence-corrected chi connectivity index (χ4v) is 12.9. The molecule has 0 spiro atoms. The molecule has 0 amide bonds. The molecule has 112 heavy (non-hydrogen) atoms. The van der Waals surface area contributed by atoms with Crippen LogP contribution in [0.5, 0.6) is 5.75 Å². The van der Waals surface area contributed by atoms with E-state index in [0.717, 1.165) is 101 Å². The van der Waals surface area contributed by atoms with E-state index >= 15 is 0 Å². The quantitative estimate of drug-likeness (QED) is 0.0982. The maximum absolute atomic E-state index is 5.17. The van der Waals surface area contributed by atoms with Crippen LogP contribution < -0.4 is 4.74 Å². The fraction of sp³-hybridized carbons (Fsp3) is 0.0505. The third-order valence-corrected chi connectivity index (χ3v) is 18.6. The molecule has 0 N–H and O–H groups in total. The van der Waals surface area contributed by atoms with Gasteiger partial charge in [-0.15, -0.1) is 130 Å². The summed E-state index contributed by atoms with van der Waals surface area (Å²) in [4.78, 5) is 35.8. The standard InChI is InChI=1S/2C28H19N2.C24H19N2.C19H17N2O.4Ir/c1-3-9-21(10-4-1)23-13-7-15-25(17-23)27-19-28(30-20-29-27)26-16-8-14-24(18-26)22-11-5-2-6-12-22;1-3-7-21(8-4-1)23-11-15-25(16-12-23)27-19-28(30-20-29-27)26-17-13-24(14-18-26)22-9-5-2-6-10-22;1-17-8-6-9-18(2)24(17)23-15-22(25-16-26-23)21-13-7-12-20(14-21)19-10-4-3-5-11-19;1-13-5-4-6-14(2)19(13)18-11-17(20-12-21-18)15-7-9-16(22-3)10-8-15;;;;/h1-15,17-20H;1-17,19-20H;3-12,14-16H,1-2H3;4-7,9-12H,1-3H3;;;;/q4*-1;;;;. The summed E-state index contributed by atoms with van der Waals surface area (Å²) in [6.07, 6.45) is 6.49. The molecule has 0 bridgehead atoms. The molecule has 0 unspecified atom stereocenters. The van der Waals surface area contributed by atoms with Crippen LogP contribution in [0.15, 0.2) is 359 Å². The molecule has 0 aliphatic heterocycles. The van der Waals surface area contributed by atoms with Gasteiger partial charge in [-0.25, -0.2) is 19.9 Å². The summed E-state index contributed by atoms with van der Waals surface area (Å²) in [5.41, 5.74) is 32.1. The molecule has 4 aromatic heterocycles. The molecule has 9 nitrogen and oxygen atoms in total. The minimum absolute atomic E-state index is 0. The van der Waals surface area contributed by atoms with Crippen LogP contribution in [0.4, 0.5) is 0 Å². The predicted molar refractivity (Wildman–Crippen MR) is 440 cm³/mol. The van der Waals surface area contributed by atoms with Crippen LogP contribution in [-0.2, 0) is 80.4 Å². The van der Waals surface area contributed by atoms with Crippen molar-refractivity contribution in [3.05, 3.63) is 405 Å².